The molecule has 1 heterocycles. The van der Waals surface area contributed by atoms with Crippen LogP contribution in [0.15, 0.2) is 78.6 Å². The van der Waals surface area contributed by atoms with Gasteiger partial charge in [0, 0.05) is 35.5 Å². The van der Waals surface area contributed by atoms with Crippen LogP contribution in [0, 0.1) is 0 Å². The van der Waals surface area contributed by atoms with Gasteiger partial charge in [-0.3, -0.25) is 0 Å². The van der Waals surface area contributed by atoms with Gasteiger partial charge in [-0.1, -0.05) is 36.4 Å². The van der Waals surface area contributed by atoms with Crippen LogP contribution in [0.4, 0.5) is 11.4 Å². The van der Waals surface area contributed by atoms with E-state index in [1.165, 1.54) is 5.56 Å². The second-order valence-electron chi connectivity index (χ2n) is 6.31. The fourth-order valence-corrected chi connectivity index (χ4v) is 3.48. The molecular formula is C23H21NO2. The van der Waals surface area contributed by atoms with E-state index >= 15 is 0 Å². The molecule has 3 nitrogen and oxygen atoms in total. The number of benzene rings is 3. The summed E-state index contributed by atoms with van der Waals surface area (Å²) in [6.45, 7) is 2.03. The molecular weight excluding hydrogens is 322 g/mol. The zero-order valence-electron chi connectivity index (χ0n) is 15.2. The predicted molar refractivity (Wildman–Crippen MR) is 106 cm³/mol. The van der Waals surface area contributed by atoms with Gasteiger partial charge >= 0.3 is 0 Å². The Labute approximate surface area is 154 Å². The first kappa shape index (κ1) is 16.3. The second-order valence-corrected chi connectivity index (χ2v) is 6.31. The van der Waals surface area contributed by atoms with Crippen molar-refractivity contribution in [3.8, 4) is 11.5 Å². The molecule has 0 amide bonds. The summed E-state index contributed by atoms with van der Waals surface area (Å²) in [5.41, 5.74) is 5.68. The summed E-state index contributed by atoms with van der Waals surface area (Å²) in [5, 5.41) is 0. The van der Waals surface area contributed by atoms with E-state index in [-0.39, 0.29) is 0 Å². The largest absolute Gasteiger partial charge is 0.497 e. The van der Waals surface area contributed by atoms with Gasteiger partial charge in [0.05, 0.1) is 12.8 Å². The van der Waals surface area contributed by atoms with E-state index in [1.54, 1.807) is 7.11 Å². The van der Waals surface area contributed by atoms with Gasteiger partial charge in [-0.05, 0) is 37.3 Å². The Morgan fingerprint density at radius 1 is 0.769 bits per heavy atom. The van der Waals surface area contributed by atoms with Crippen molar-refractivity contribution in [2.45, 2.75) is 6.92 Å². The van der Waals surface area contributed by atoms with Crippen LogP contribution >= 0.6 is 0 Å². The Morgan fingerprint density at radius 2 is 1.46 bits per heavy atom. The molecule has 0 saturated carbocycles. The summed E-state index contributed by atoms with van der Waals surface area (Å²) in [5.74, 6) is 2.56. The lowest BCUT2D eigenvalue weighted by Crippen LogP contribution is -2.19. The highest BCUT2D eigenvalue weighted by atomic mass is 16.5. The molecule has 0 saturated heterocycles. The number of para-hydroxylation sites is 2. The number of hydrogen-bond acceptors (Lipinski definition) is 3. The van der Waals surface area contributed by atoms with Crippen molar-refractivity contribution in [2.75, 3.05) is 19.1 Å². The summed E-state index contributed by atoms with van der Waals surface area (Å²) in [6.07, 6.45) is 0. The van der Waals surface area contributed by atoms with Crippen LogP contribution in [0.5, 0.6) is 11.5 Å². The van der Waals surface area contributed by atoms with Crippen LogP contribution < -0.4 is 14.4 Å². The first-order valence-electron chi connectivity index (χ1n) is 8.64. The Hall–Kier alpha value is -3.20. The Morgan fingerprint density at radius 3 is 2.23 bits per heavy atom. The number of anilines is 2. The summed E-state index contributed by atoms with van der Waals surface area (Å²) in [4.78, 5) is 2.20. The molecule has 0 aromatic heterocycles. The van der Waals surface area contributed by atoms with E-state index in [0.29, 0.717) is 0 Å². The van der Waals surface area contributed by atoms with E-state index in [4.69, 9.17) is 9.47 Å². The van der Waals surface area contributed by atoms with Gasteiger partial charge in [0.15, 0.2) is 0 Å². The molecule has 0 aliphatic carbocycles. The minimum atomic E-state index is 0.837. The lowest BCUT2D eigenvalue weighted by molar-refractivity contribution is 0.414. The molecule has 0 fully saturated rings. The van der Waals surface area contributed by atoms with E-state index in [0.717, 1.165) is 39.8 Å². The van der Waals surface area contributed by atoms with Crippen molar-refractivity contribution in [3.05, 3.63) is 89.7 Å². The highest BCUT2D eigenvalue weighted by Crippen LogP contribution is 2.46. The smallest absolute Gasteiger partial charge is 0.126 e. The standard InChI is InChI=1S/C23H21NO2/c1-16(26-17-9-5-4-6-10-17)23-19-11-7-8-12-21(19)24(2)22-15-18(25-3)13-14-20(22)23/h4-15H,1-3H3/b23-16-. The number of allylic oxidation sites excluding steroid dienone is 1. The number of rotatable bonds is 3. The quantitative estimate of drug-likeness (QED) is 0.575. The van der Waals surface area contributed by atoms with Crippen LogP contribution in [-0.4, -0.2) is 14.2 Å². The zero-order chi connectivity index (χ0) is 18.1. The molecule has 0 bridgehead atoms. The number of fused-ring (bicyclic) bond motifs is 2. The van der Waals surface area contributed by atoms with Crippen LogP contribution in [0.2, 0.25) is 0 Å². The van der Waals surface area contributed by atoms with Gasteiger partial charge in [0.1, 0.15) is 17.3 Å². The number of nitrogens with zero attached hydrogens (tertiary/aromatic N) is 1. The third-order valence-corrected chi connectivity index (χ3v) is 4.74. The first-order valence-corrected chi connectivity index (χ1v) is 8.64. The summed E-state index contributed by atoms with van der Waals surface area (Å²) in [6, 6.07) is 24.5. The van der Waals surface area contributed by atoms with Gasteiger partial charge in [-0.25, -0.2) is 0 Å². The molecule has 1 aliphatic rings. The summed E-state index contributed by atoms with van der Waals surface area (Å²) < 4.78 is 11.6. The minimum absolute atomic E-state index is 0.837. The van der Waals surface area contributed by atoms with Gasteiger partial charge in [-0.15, -0.1) is 0 Å². The first-order chi connectivity index (χ1) is 12.7. The molecule has 3 aromatic carbocycles. The van der Waals surface area contributed by atoms with Gasteiger partial charge in [0.25, 0.3) is 0 Å². The van der Waals surface area contributed by atoms with E-state index < -0.39 is 0 Å². The lowest BCUT2D eigenvalue weighted by Gasteiger charge is -2.32. The maximum atomic E-state index is 6.19. The summed E-state index contributed by atoms with van der Waals surface area (Å²) >= 11 is 0. The second kappa shape index (κ2) is 6.60. The third kappa shape index (κ3) is 2.72. The molecule has 0 spiro atoms. The number of methoxy groups -OCH3 is 1. The molecule has 130 valence electrons. The van der Waals surface area contributed by atoms with Crippen LogP contribution in [0.1, 0.15) is 18.1 Å². The van der Waals surface area contributed by atoms with Gasteiger partial charge < -0.3 is 14.4 Å². The van der Waals surface area contributed by atoms with E-state index in [2.05, 4.69) is 48.3 Å². The predicted octanol–water partition coefficient (Wildman–Crippen LogP) is 5.63. The van der Waals surface area contributed by atoms with Gasteiger partial charge in [0.2, 0.25) is 0 Å². The molecule has 0 N–H and O–H groups in total. The molecule has 0 unspecified atom stereocenters. The van der Waals surface area contributed by atoms with Crippen molar-refractivity contribution < 1.29 is 9.47 Å². The van der Waals surface area contributed by atoms with Crippen molar-refractivity contribution in [3.63, 3.8) is 0 Å². The Bertz CT molecular complexity index is 977. The maximum absolute atomic E-state index is 6.19. The fourth-order valence-electron chi connectivity index (χ4n) is 3.48. The molecule has 3 aromatic rings. The molecule has 3 heteroatoms. The number of hydrogen-bond donors (Lipinski definition) is 0. The maximum Gasteiger partial charge on any atom is 0.126 e. The summed E-state index contributed by atoms with van der Waals surface area (Å²) in [7, 11) is 3.78. The molecule has 26 heavy (non-hydrogen) atoms. The van der Waals surface area contributed by atoms with E-state index in [9.17, 15) is 0 Å². The van der Waals surface area contributed by atoms with Crippen molar-refractivity contribution in [2.24, 2.45) is 0 Å². The molecule has 1 aliphatic heterocycles. The Balaban J connectivity index is 1.92. The van der Waals surface area contributed by atoms with Crippen LogP contribution in [0.3, 0.4) is 0 Å². The van der Waals surface area contributed by atoms with E-state index in [1.807, 2.05) is 43.3 Å². The third-order valence-electron chi connectivity index (χ3n) is 4.74. The van der Waals surface area contributed by atoms with Crippen molar-refractivity contribution in [1.82, 2.24) is 0 Å². The van der Waals surface area contributed by atoms with Crippen LogP contribution in [0.25, 0.3) is 5.57 Å². The molecule has 0 atom stereocenters. The SMILES string of the molecule is COc1ccc2c(c1)N(C)c1ccccc1/C2=C(\C)Oc1ccccc1. The fraction of sp³-hybridized carbons (Fsp3) is 0.130. The lowest BCUT2D eigenvalue weighted by atomic mass is 9.89. The normalized spacial score (nSPS) is 14.3. The highest BCUT2D eigenvalue weighted by Gasteiger charge is 2.26. The monoisotopic (exact) mass is 343 g/mol. The average molecular weight is 343 g/mol. The van der Waals surface area contributed by atoms with Crippen LogP contribution in [-0.2, 0) is 0 Å². The number of ether oxygens (including phenoxy) is 2. The molecule has 0 radical (unpaired) electrons. The highest BCUT2D eigenvalue weighted by molar-refractivity contribution is 5.98. The van der Waals surface area contributed by atoms with Crippen molar-refractivity contribution in [1.29, 1.82) is 0 Å². The van der Waals surface area contributed by atoms with Crippen molar-refractivity contribution >= 4 is 16.9 Å². The zero-order valence-corrected chi connectivity index (χ0v) is 15.2. The molecule has 4 rings (SSSR count). The minimum Gasteiger partial charge on any atom is -0.497 e. The van der Waals surface area contributed by atoms with Gasteiger partial charge in [-0.2, -0.15) is 0 Å². The average Bonchev–Trinajstić information content (AvgIpc) is 2.69. The topological polar surface area (TPSA) is 21.7 Å². The Kier molecular flexibility index (Phi) is 4.13.